The van der Waals surface area contributed by atoms with Gasteiger partial charge in [0.25, 0.3) is 0 Å². The van der Waals surface area contributed by atoms with Crippen molar-refractivity contribution in [2.45, 2.75) is 50.2 Å². The summed E-state index contributed by atoms with van der Waals surface area (Å²) in [7, 11) is 0. The molecule has 0 amide bonds. The van der Waals surface area contributed by atoms with Gasteiger partial charge in [0.05, 0.1) is 5.60 Å². The average Bonchev–Trinajstić information content (AvgIpc) is 2.74. The first-order valence-corrected chi connectivity index (χ1v) is 10.6. The van der Waals surface area contributed by atoms with Gasteiger partial charge in [-0.05, 0) is 61.3 Å². The molecule has 1 aliphatic heterocycles. The van der Waals surface area contributed by atoms with E-state index in [0.717, 1.165) is 37.2 Å². The Balaban J connectivity index is 1.27. The minimum atomic E-state index is -0.748. The summed E-state index contributed by atoms with van der Waals surface area (Å²) in [6.45, 7) is 2.46. The van der Waals surface area contributed by atoms with Crippen molar-refractivity contribution >= 4 is 0 Å². The number of nitrogens with zero attached hydrogens (tertiary/aromatic N) is 1. The van der Waals surface area contributed by atoms with Crippen molar-refractivity contribution in [3.8, 4) is 5.75 Å². The Hall–Kier alpha value is -1.88. The smallest absolute Gasteiger partial charge is 0.122 e. The molecule has 1 heterocycles. The van der Waals surface area contributed by atoms with Gasteiger partial charge in [-0.1, -0.05) is 42.5 Å². The van der Waals surface area contributed by atoms with Crippen LogP contribution in [-0.2, 0) is 18.4 Å². The first-order chi connectivity index (χ1) is 13.6. The highest BCUT2D eigenvalue weighted by atomic mass is 16.5. The second kappa shape index (κ2) is 8.64. The molecule has 4 nitrogen and oxygen atoms in total. The van der Waals surface area contributed by atoms with Gasteiger partial charge < -0.3 is 19.8 Å². The zero-order valence-electron chi connectivity index (χ0n) is 16.5. The molecule has 4 heteroatoms. The third-order valence-electron chi connectivity index (χ3n) is 6.25. The van der Waals surface area contributed by atoms with Gasteiger partial charge in [0.1, 0.15) is 18.5 Å². The van der Waals surface area contributed by atoms with Crippen LogP contribution in [0.5, 0.6) is 5.75 Å². The number of piperidine rings is 1. The first-order valence-electron chi connectivity index (χ1n) is 10.6. The van der Waals surface area contributed by atoms with Crippen LogP contribution in [0, 0.1) is 0 Å². The molecule has 0 radical (unpaired) electrons. The molecule has 2 N–H and O–H groups in total. The lowest BCUT2D eigenvalue weighted by Crippen LogP contribution is -2.46. The maximum Gasteiger partial charge on any atom is 0.122 e. The number of rotatable bonds is 6. The number of β-amino-alcohol motifs (C(OH)–C–C–N with tert-alkyl or cyclic N) is 1. The van der Waals surface area contributed by atoms with Crippen LogP contribution >= 0.6 is 0 Å². The van der Waals surface area contributed by atoms with Gasteiger partial charge in [0.15, 0.2) is 0 Å². The normalized spacial score (nSPS) is 20.4. The summed E-state index contributed by atoms with van der Waals surface area (Å²) < 4.78 is 5.99. The van der Waals surface area contributed by atoms with Crippen LogP contribution in [0.2, 0.25) is 0 Å². The van der Waals surface area contributed by atoms with Crippen LogP contribution in [-0.4, -0.2) is 47.5 Å². The Kier molecular flexibility index (Phi) is 6.00. The maximum absolute atomic E-state index is 10.9. The maximum atomic E-state index is 10.9. The summed E-state index contributed by atoms with van der Waals surface area (Å²) in [6.07, 6.45) is 5.53. The van der Waals surface area contributed by atoms with Crippen molar-refractivity contribution in [2.24, 2.45) is 0 Å². The molecule has 1 fully saturated rings. The van der Waals surface area contributed by atoms with E-state index in [1.54, 1.807) is 0 Å². The van der Waals surface area contributed by atoms with E-state index in [4.69, 9.17) is 4.74 Å². The van der Waals surface area contributed by atoms with Crippen molar-refractivity contribution in [2.75, 3.05) is 26.2 Å². The Bertz CT molecular complexity index is 769. The number of aliphatic hydroxyl groups excluding tert-OH is 1. The van der Waals surface area contributed by atoms with Crippen molar-refractivity contribution < 1.29 is 14.9 Å². The van der Waals surface area contributed by atoms with Gasteiger partial charge in [-0.15, -0.1) is 0 Å². The summed E-state index contributed by atoms with van der Waals surface area (Å²) in [6, 6.07) is 16.2. The van der Waals surface area contributed by atoms with Gasteiger partial charge in [0, 0.05) is 19.6 Å². The van der Waals surface area contributed by atoms with Crippen LogP contribution in [0.25, 0.3) is 0 Å². The van der Waals surface area contributed by atoms with E-state index in [2.05, 4.69) is 17.0 Å². The summed E-state index contributed by atoms with van der Waals surface area (Å²) in [5, 5.41) is 21.4. The molecular weight excluding hydrogens is 350 g/mol. The monoisotopic (exact) mass is 381 g/mol. The molecule has 1 aliphatic carbocycles. The highest BCUT2D eigenvalue weighted by Gasteiger charge is 2.34. The van der Waals surface area contributed by atoms with Crippen LogP contribution < -0.4 is 4.74 Å². The predicted molar refractivity (Wildman–Crippen MR) is 111 cm³/mol. The molecule has 150 valence electrons. The molecule has 1 unspecified atom stereocenters. The van der Waals surface area contributed by atoms with Crippen LogP contribution in [0.1, 0.15) is 42.4 Å². The quantitative estimate of drug-likeness (QED) is 0.806. The Labute approximate surface area is 167 Å². The molecule has 2 aromatic rings. The lowest BCUT2D eigenvalue weighted by atomic mass is 9.84. The molecule has 2 aromatic carbocycles. The molecule has 0 saturated carbocycles. The molecule has 28 heavy (non-hydrogen) atoms. The molecule has 1 atom stereocenters. The Morgan fingerprint density at radius 2 is 1.71 bits per heavy atom. The Morgan fingerprint density at radius 1 is 0.964 bits per heavy atom. The second-order valence-electron chi connectivity index (χ2n) is 8.26. The fourth-order valence-corrected chi connectivity index (χ4v) is 4.56. The molecule has 0 aromatic heterocycles. The highest BCUT2D eigenvalue weighted by molar-refractivity contribution is 5.41. The summed E-state index contributed by atoms with van der Waals surface area (Å²) in [4.78, 5) is 2.23. The molecule has 4 rings (SSSR count). The standard InChI is InChI=1S/C24H31NO3/c26-21(18-28-23-12-6-8-19-7-4-5-11-22(19)23)17-25-15-13-24(27,14-16-25)20-9-2-1-3-10-20/h1-3,6,8-10,12,21,26-27H,4-5,7,11,13-18H2. The van der Waals surface area contributed by atoms with Gasteiger partial charge >= 0.3 is 0 Å². The first kappa shape index (κ1) is 19.4. The van der Waals surface area contributed by atoms with Crippen molar-refractivity contribution in [3.05, 3.63) is 65.2 Å². The third kappa shape index (κ3) is 4.40. The van der Waals surface area contributed by atoms with E-state index in [9.17, 15) is 10.2 Å². The molecule has 0 spiro atoms. The average molecular weight is 382 g/mol. The van der Waals surface area contributed by atoms with E-state index in [1.807, 2.05) is 36.4 Å². The number of likely N-dealkylation sites (tertiary alicyclic amines) is 1. The minimum Gasteiger partial charge on any atom is -0.491 e. The Morgan fingerprint density at radius 3 is 2.50 bits per heavy atom. The summed E-state index contributed by atoms with van der Waals surface area (Å²) in [5.41, 5.74) is 2.97. The minimum absolute atomic E-state index is 0.315. The van der Waals surface area contributed by atoms with E-state index in [0.29, 0.717) is 26.0 Å². The van der Waals surface area contributed by atoms with E-state index in [1.165, 1.54) is 24.0 Å². The zero-order chi connectivity index (χ0) is 19.4. The van der Waals surface area contributed by atoms with Crippen molar-refractivity contribution in [3.63, 3.8) is 0 Å². The zero-order valence-corrected chi connectivity index (χ0v) is 16.5. The molecular formula is C24H31NO3. The van der Waals surface area contributed by atoms with E-state index < -0.39 is 11.7 Å². The summed E-state index contributed by atoms with van der Waals surface area (Å²) >= 11 is 0. The number of aryl methyl sites for hydroxylation is 1. The van der Waals surface area contributed by atoms with Crippen LogP contribution in [0.4, 0.5) is 0 Å². The fourth-order valence-electron chi connectivity index (χ4n) is 4.56. The number of fused-ring (bicyclic) bond motifs is 1. The number of hydrogen-bond acceptors (Lipinski definition) is 4. The number of benzene rings is 2. The van der Waals surface area contributed by atoms with Crippen LogP contribution in [0.3, 0.4) is 0 Å². The third-order valence-corrected chi connectivity index (χ3v) is 6.25. The number of hydrogen-bond donors (Lipinski definition) is 2. The predicted octanol–water partition coefficient (Wildman–Crippen LogP) is 3.29. The SMILES string of the molecule is OC(COc1cccc2c1CCCC2)CN1CCC(O)(c2ccccc2)CC1. The van der Waals surface area contributed by atoms with Gasteiger partial charge in [-0.25, -0.2) is 0 Å². The second-order valence-corrected chi connectivity index (χ2v) is 8.26. The fraction of sp³-hybridized carbons (Fsp3) is 0.500. The van der Waals surface area contributed by atoms with Gasteiger partial charge in [-0.3, -0.25) is 0 Å². The van der Waals surface area contributed by atoms with E-state index >= 15 is 0 Å². The van der Waals surface area contributed by atoms with Crippen molar-refractivity contribution in [1.29, 1.82) is 0 Å². The largest absolute Gasteiger partial charge is 0.491 e. The topological polar surface area (TPSA) is 52.9 Å². The highest BCUT2D eigenvalue weighted by Crippen LogP contribution is 2.33. The molecule has 1 saturated heterocycles. The number of aliphatic hydroxyl groups is 2. The molecule has 0 bridgehead atoms. The lowest BCUT2D eigenvalue weighted by Gasteiger charge is -2.39. The summed E-state index contributed by atoms with van der Waals surface area (Å²) in [5.74, 6) is 0.938. The molecule has 2 aliphatic rings. The van der Waals surface area contributed by atoms with Gasteiger partial charge in [0.2, 0.25) is 0 Å². The van der Waals surface area contributed by atoms with Crippen molar-refractivity contribution in [1.82, 2.24) is 4.90 Å². The van der Waals surface area contributed by atoms with E-state index in [-0.39, 0.29) is 0 Å². The van der Waals surface area contributed by atoms with Crippen LogP contribution in [0.15, 0.2) is 48.5 Å². The van der Waals surface area contributed by atoms with Gasteiger partial charge in [-0.2, -0.15) is 0 Å². The number of ether oxygens (including phenoxy) is 1. The lowest BCUT2D eigenvalue weighted by molar-refractivity contribution is -0.0372.